The summed E-state index contributed by atoms with van der Waals surface area (Å²) >= 11 is 5.98. The fraction of sp³-hybridized carbons (Fsp3) is 0.533. The van der Waals surface area contributed by atoms with Crippen molar-refractivity contribution in [3.63, 3.8) is 0 Å². The molecule has 3 heteroatoms. The van der Waals surface area contributed by atoms with Crippen molar-refractivity contribution in [2.24, 2.45) is 0 Å². The fourth-order valence-corrected chi connectivity index (χ4v) is 2.55. The number of aromatic nitrogens is 2. The zero-order chi connectivity index (χ0) is 12.8. The van der Waals surface area contributed by atoms with Crippen molar-refractivity contribution >= 4 is 22.6 Å². The van der Waals surface area contributed by atoms with Crippen LogP contribution in [0.1, 0.15) is 44.9 Å². The maximum absolute atomic E-state index is 5.98. The van der Waals surface area contributed by atoms with Crippen LogP contribution < -0.4 is 0 Å². The van der Waals surface area contributed by atoms with E-state index in [9.17, 15) is 0 Å². The van der Waals surface area contributed by atoms with Crippen LogP contribution in [0.2, 0.25) is 0 Å². The van der Waals surface area contributed by atoms with Crippen molar-refractivity contribution in [1.82, 2.24) is 9.55 Å². The quantitative estimate of drug-likeness (QED) is 0.521. The Balaban J connectivity index is 2.06. The number of imidazole rings is 1. The number of rotatable bonds is 7. The molecule has 2 aromatic rings. The van der Waals surface area contributed by atoms with Gasteiger partial charge in [-0.3, -0.25) is 0 Å². The van der Waals surface area contributed by atoms with Crippen LogP contribution in [-0.2, 0) is 12.4 Å². The van der Waals surface area contributed by atoms with E-state index in [1.165, 1.54) is 37.6 Å². The average molecular weight is 265 g/mol. The maximum atomic E-state index is 5.98. The molecule has 98 valence electrons. The summed E-state index contributed by atoms with van der Waals surface area (Å²) in [5.41, 5.74) is 2.27. The monoisotopic (exact) mass is 264 g/mol. The molecule has 2 rings (SSSR count). The number of para-hydroxylation sites is 2. The third kappa shape index (κ3) is 3.05. The summed E-state index contributed by atoms with van der Waals surface area (Å²) in [6, 6.07) is 8.28. The Labute approximate surface area is 114 Å². The first-order valence-corrected chi connectivity index (χ1v) is 7.40. The Hall–Kier alpha value is -1.02. The number of hydrogen-bond donors (Lipinski definition) is 0. The lowest BCUT2D eigenvalue weighted by atomic mass is 10.1. The zero-order valence-electron chi connectivity index (χ0n) is 11.0. The number of nitrogens with zero attached hydrogens (tertiary/aromatic N) is 2. The zero-order valence-corrected chi connectivity index (χ0v) is 11.8. The molecule has 0 spiro atoms. The molecule has 0 saturated carbocycles. The van der Waals surface area contributed by atoms with Crippen LogP contribution in [0.3, 0.4) is 0 Å². The molecule has 0 aliphatic carbocycles. The Kier molecular flexibility index (Phi) is 5.06. The number of aryl methyl sites for hydroxylation is 1. The first kappa shape index (κ1) is 13.4. The van der Waals surface area contributed by atoms with E-state index in [2.05, 4.69) is 34.7 Å². The molecule has 0 N–H and O–H groups in total. The van der Waals surface area contributed by atoms with E-state index in [-0.39, 0.29) is 0 Å². The first-order chi connectivity index (χ1) is 8.86. The van der Waals surface area contributed by atoms with Crippen molar-refractivity contribution in [3.8, 4) is 0 Å². The van der Waals surface area contributed by atoms with Crippen LogP contribution in [0, 0.1) is 0 Å². The third-order valence-corrected chi connectivity index (χ3v) is 3.58. The highest BCUT2D eigenvalue weighted by Gasteiger charge is 2.08. The molecule has 1 aromatic carbocycles. The van der Waals surface area contributed by atoms with Gasteiger partial charge in [0, 0.05) is 6.54 Å². The smallest absolute Gasteiger partial charge is 0.124 e. The van der Waals surface area contributed by atoms with Gasteiger partial charge in [-0.15, -0.1) is 11.6 Å². The molecule has 0 atom stereocenters. The van der Waals surface area contributed by atoms with Gasteiger partial charge in [0.2, 0.25) is 0 Å². The fourth-order valence-electron chi connectivity index (χ4n) is 2.35. The van der Waals surface area contributed by atoms with Gasteiger partial charge in [-0.1, -0.05) is 44.7 Å². The van der Waals surface area contributed by atoms with Gasteiger partial charge < -0.3 is 4.57 Å². The molecule has 0 saturated heterocycles. The molecule has 1 heterocycles. The number of benzene rings is 1. The predicted octanol–water partition coefficient (Wildman–Crippen LogP) is 4.75. The Morgan fingerprint density at radius 2 is 1.89 bits per heavy atom. The lowest BCUT2D eigenvalue weighted by Gasteiger charge is -2.07. The Morgan fingerprint density at radius 3 is 2.67 bits per heavy atom. The summed E-state index contributed by atoms with van der Waals surface area (Å²) in [5.74, 6) is 1.48. The van der Waals surface area contributed by atoms with Crippen LogP contribution in [-0.4, -0.2) is 9.55 Å². The van der Waals surface area contributed by atoms with E-state index in [1.54, 1.807) is 0 Å². The van der Waals surface area contributed by atoms with E-state index >= 15 is 0 Å². The van der Waals surface area contributed by atoms with E-state index in [1.807, 2.05) is 6.07 Å². The number of unbranched alkanes of at least 4 members (excludes halogenated alkanes) is 4. The highest BCUT2D eigenvalue weighted by molar-refractivity contribution is 6.16. The molecule has 0 unspecified atom stereocenters. The molecule has 0 fully saturated rings. The molecule has 0 aliphatic heterocycles. The van der Waals surface area contributed by atoms with Gasteiger partial charge in [-0.25, -0.2) is 4.98 Å². The highest BCUT2D eigenvalue weighted by atomic mass is 35.5. The second-order valence-electron chi connectivity index (χ2n) is 4.72. The van der Waals surface area contributed by atoms with E-state index in [0.29, 0.717) is 5.88 Å². The Morgan fingerprint density at radius 1 is 1.11 bits per heavy atom. The lowest BCUT2D eigenvalue weighted by molar-refractivity contribution is 0.567. The normalized spacial score (nSPS) is 11.2. The van der Waals surface area contributed by atoms with Crippen LogP contribution >= 0.6 is 11.6 Å². The van der Waals surface area contributed by atoms with E-state index in [0.717, 1.165) is 17.9 Å². The molecular formula is C15H21ClN2. The number of hydrogen-bond acceptors (Lipinski definition) is 1. The molecular weight excluding hydrogens is 244 g/mol. The minimum atomic E-state index is 0.490. The van der Waals surface area contributed by atoms with Crippen molar-refractivity contribution in [3.05, 3.63) is 30.1 Å². The summed E-state index contributed by atoms with van der Waals surface area (Å²) in [6.07, 6.45) is 6.47. The van der Waals surface area contributed by atoms with Gasteiger partial charge in [0.25, 0.3) is 0 Å². The van der Waals surface area contributed by atoms with E-state index in [4.69, 9.17) is 11.6 Å². The molecule has 2 nitrogen and oxygen atoms in total. The number of alkyl halides is 1. The van der Waals surface area contributed by atoms with Crippen LogP contribution in [0.15, 0.2) is 24.3 Å². The molecule has 1 aromatic heterocycles. The molecule has 0 amide bonds. The van der Waals surface area contributed by atoms with Crippen LogP contribution in [0.5, 0.6) is 0 Å². The molecule has 18 heavy (non-hydrogen) atoms. The van der Waals surface area contributed by atoms with Gasteiger partial charge in [-0.2, -0.15) is 0 Å². The lowest BCUT2D eigenvalue weighted by Crippen LogP contribution is -2.02. The second kappa shape index (κ2) is 6.79. The highest BCUT2D eigenvalue weighted by Crippen LogP contribution is 2.18. The third-order valence-electron chi connectivity index (χ3n) is 3.34. The number of halogens is 1. The van der Waals surface area contributed by atoms with Crippen molar-refractivity contribution in [2.45, 2.75) is 51.5 Å². The standard InChI is InChI=1S/C15H21ClN2/c1-2-3-4-5-8-11-18-14-10-7-6-9-13(14)17-15(18)12-16/h6-7,9-10H,2-5,8,11-12H2,1H3. The summed E-state index contributed by atoms with van der Waals surface area (Å²) in [6.45, 7) is 3.28. The van der Waals surface area contributed by atoms with Crippen molar-refractivity contribution in [2.75, 3.05) is 0 Å². The number of fused-ring (bicyclic) bond motifs is 1. The predicted molar refractivity (Wildman–Crippen MR) is 78.0 cm³/mol. The van der Waals surface area contributed by atoms with Gasteiger partial charge in [0.15, 0.2) is 0 Å². The van der Waals surface area contributed by atoms with Gasteiger partial charge in [0.1, 0.15) is 5.82 Å². The molecule has 0 bridgehead atoms. The average Bonchev–Trinajstić information content (AvgIpc) is 2.77. The Bertz CT molecular complexity index is 490. The van der Waals surface area contributed by atoms with E-state index < -0.39 is 0 Å². The first-order valence-electron chi connectivity index (χ1n) is 6.87. The summed E-state index contributed by atoms with van der Waals surface area (Å²) < 4.78 is 2.27. The van der Waals surface area contributed by atoms with Gasteiger partial charge >= 0.3 is 0 Å². The van der Waals surface area contributed by atoms with Crippen molar-refractivity contribution < 1.29 is 0 Å². The maximum Gasteiger partial charge on any atom is 0.124 e. The molecule has 0 radical (unpaired) electrons. The SMILES string of the molecule is CCCCCCCn1c(CCl)nc2ccccc21. The van der Waals surface area contributed by atoms with Crippen molar-refractivity contribution in [1.29, 1.82) is 0 Å². The van der Waals surface area contributed by atoms with Gasteiger partial charge in [0.05, 0.1) is 16.9 Å². The summed E-state index contributed by atoms with van der Waals surface area (Å²) in [4.78, 5) is 4.58. The topological polar surface area (TPSA) is 17.8 Å². The van der Waals surface area contributed by atoms with Gasteiger partial charge in [-0.05, 0) is 18.6 Å². The second-order valence-corrected chi connectivity index (χ2v) is 4.98. The molecule has 0 aliphatic rings. The van der Waals surface area contributed by atoms with Crippen LogP contribution in [0.4, 0.5) is 0 Å². The minimum absolute atomic E-state index is 0.490. The van der Waals surface area contributed by atoms with Crippen LogP contribution in [0.25, 0.3) is 11.0 Å². The summed E-state index contributed by atoms with van der Waals surface area (Å²) in [5, 5.41) is 0. The summed E-state index contributed by atoms with van der Waals surface area (Å²) in [7, 11) is 0. The minimum Gasteiger partial charge on any atom is -0.327 e. The largest absolute Gasteiger partial charge is 0.327 e.